The van der Waals surface area contributed by atoms with Crippen LogP contribution in [0.3, 0.4) is 0 Å². The van der Waals surface area contributed by atoms with Crippen molar-refractivity contribution in [2.24, 2.45) is 0 Å². The molecule has 0 saturated carbocycles. The smallest absolute Gasteiger partial charge is 0.225 e. The van der Waals surface area contributed by atoms with Crippen molar-refractivity contribution in [3.8, 4) is 0 Å². The fraction of sp³-hybridized carbons (Fsp3) is 0.692. The van der Waals surface area contributed by atoms with Gasteiger partial charge in [-0.1, -0.05) is 6.42 Å². The highest BCUT2D eigenvalue weighted by atomic mass is 15.3. The molecular formula is C13H22N4. The molecule has 1 saturated heterocycles. The van der Waals surface area contributed by atoms with Gasteiger partial charge in [-0.15, -0.1) is 0 Å². The Morgan fingerprint density at radius 2 is 2.12 bits per heavy atom. The molecule has 1 atom stereocenters. The molecule has 17 heavy (non-hydrogen) atoms. The molecule has 1 aromatic heterocycles. The van der Waals surface area contributed by atoms with Crippen LogP contribution in [0.4, 0.5) is 5.95 Å². The minimum absolute atomic E-state index is 0.432. The number of rotatable bonds is 4. The summed E-state index contributed by atoms with van der Waals surface area (Å²) in [5.41, 5.74) is 0. The Hall–Kier alpha value is -1.16. The lowest BCUT2D eigenvalue weighted by Gasteiger charge is -2.33. The van der Waals surface area contributed by atoms with Crippen molar-refractivity contribution in [2.75, 3.05) is 18.0 Å². The van der Waals surface area contributed by atoms with Crippen LogP contribution in [0.15, 0.2) is 18.5 Å². The Morgan fingerprint density at radius 3 is 2.71 bits per heavy atom. The summed E-state index contributed by atoms with van der Waals surface area (Å²) in [6.07, 6.45) is 7.52. The zero-order valence-electron chi connectivity index (χ0n) is 10.8. The lowest BCUT2D eigenvalue weighted by atomic mass is 10.0. The topological polar surface area (TPSA) is 41.0 Å². The van der Waals surface area contributed by atoms with E-state index in [0.717, 1.165) is 19.0 Å². The van der Waals surface area contributed by atoms with Crippen molar-refractivity contribution in [2.45, 2.75) is 45.2 Å². The first-order valence-corrected chi connectivity index (χ1v) is 6.54. The third kappa shape index (κ3) is 3.40. The van der Waals surface area contributed by atoms with Crippen LogP contribution in [0.25, 0.3) is 0 Å². The molecule has 1 unspecified atom stereocenters. The van der Waals surface area contributed by atoms with Crippen LogP contribution in [0.1, 0.15) is 33.1 Å². The SMILES string of the molecule is CC(C)N(CC1CCCCN1)c1ncccn1. The molecule has 0 radical (unpaired) electrons. The third-order valence-corrected chi connectivity index (χ3v) is 3.26. The molecular weight excluding hydrogens is 212 g/mol. The molecule has 0 amide bonds. The van der Waals surface area contributed by atoms with Gasteiger partial charge in [-0.25, -0.2) is 9.97 Å². The minimum atomic E-state index is 0.432. The van der Waals surface area contributed by atoms with Crippen molar-refractivity contribution in [3.63, 3.8) is 0 Å². The van der Waals surface area contributed by atoms with Crippen LogP contribution in [0.5, 0.6) is 0 Å². The van der Waals surface area contributed by atoms with E-state index in [1.165, 1.54) is 19.3 Å². The molecule has 1 aromatic rings. The van der Waals surface area contributed by atoms with E-state index in [4.69, 9.17) is 0 Å². The van der Waals surface area contributed by atoms with Gasteiger partial charge in [-0.2, -0.15) is 0 Å². The highest BCUT2D eigenvalue weighted by Crippen LogP contribution is 2.14. The van der Waals surface area contributed by atoms with Gasteiger partial charge in [0.2, 0.25) is 5.95 Å². The van der Waals surface area contributed by atoms with Gasteiger partial charge in [0.25, 0.3) is 0 Å². The van der Waals surface area contributed by atoms with Gasteiger partial charge in [0.15, 0.2) is 0 Å². The molecule has 2 heterocycles. The highest BCUT2D eigenvalue weighted by Gasteiger charge is 2.20. The second-order valence-electron chi connectivity index (χ2n) is 4.94. The van der Waals surface area contributed by atoms with E-state index >= 15 is 0 Å². The molecule has 94 valence electrons. The average Bonchev–Trinajstić information content (AvgIpc) is 2.38. The largest absolute Gasteiger partial charge is 0.337 e. The molecule has 0 spiro atoms. The van der Waals surface area contributed by atoms with E-state index in [0.29, 0.717) is 12.1 Å². The van der Waals surface area contributed by atoms with E-state index in [1.54, 1.807) is 0 Å². The van der Waals surface area contributed by atoms with E-state index in [1.807, 2.05) is 18.5 Å². The quantitative estimate of drug-likeness (QED) is 0.863. The van der Waals surface area contributed by atoms with Crippen molar-refractivity contribution in [1.82, 2.24) is 15.3 Å². The maximum absolute atomic E-state index is 4.35. The van der Waals surface area contributed by atoms with Crippen LogP contribution < -0.4 is 10.2 Å². The highest BCUT2D eigenvalue weighted by molar-refractivity contribution is 5.30. The van der Waals surface area contributed by atoms with Gasteiger partial charge in [0.05, 0.1) is 0 Å². The maximum Gasteiger partial charge on any atom is 0.225 e. The van der Waals surface area contributed by atoms with Gasteiger partial charge in [-0.05, 0) is 39.3 Å². The van der Waals surface area contributed by atoms with Crippen molar-refractivity contribution in [3.05, 3.63) is 18.5 Å². The van der Waals surface area contributed by atoms with E-state index in [-0.39, 0.29) is 0 Å². The number of hydrogen-bond donors (Lipinski definition) is 1. The number of piperidine rings is 1. The van der Waals surface area contributed by atoms with Crippen LogP contribution in [0.2, 0.25) is 0 Å². The fourth-order valence-corrected chi connectivity index (χ4v) is 2.28. The molecule has 0 aromatic carbocycles. The first-order chi connectivity index (χ1) is 8.27. The summed E-state index contributed by atoms with van der Waals surface area (Å²) < 4.78 is 0. The van der Waals surface area contributed by atoms with Gasteiger partial charge in [0, 0.05) is 31.0 Å². The fourth-order valence-electron chi connectivity index (χ4n) is 2.28. The Balaban J connectivity index is 2.02. The Bertz CT molecular complexity index is 319. The number of anilines is 1. The Morgan fingerprint density at radius 1 is 1.35 bits per heavy atom. The molecule has 0 bridgehead atoms. The lowest BCUT2D eigenvalue weighted by Crippen LogP contribution is -2.46. The predicted molar refractivity (Wildman–Crippen MR) is 70.2 cm³/mol. The number of nitrogens with one attached hydrogen (secondary N) is 1. The molecule has 4 nitrogen and oxygen atoms in total. The third-order valence-electron chi connectivity index (χ3n) is 3.26. The van der Waals surface area contributed by atoms with E-state index in [2.05, 4.69) is 34.0 Å². The van der Waals surface area contributed by atoms with E-state index in [9.17, 15) is 0 Å². The van der Waals surface area contributed by atoms with Crippen LogP contribution in [-0.4, -0.2) is 35.1 Å². The van der Waals surface area contributed by atoms with E-state index < -0.39 is 0 Å². The van der Waals surface area contributed by atoms with Gasteiger partial charge >= 0.3 is 0 Å². The molecule has 0 aliphatic carbocycles. The molecule has 1 aliphatic heterocycles. The summed E-state index contributed by atoms with van der Waals surface area (Å²) in [4.78, 5) is 11.0. The zero-order valence-corrected chi connectivity index (χ0v) is 10.8. The second-order valence-corrected chi connectivity index (χ2v) is 4.94. The molecule has 4 heteroatoms. The van der Waals surface area contributed by atoms with Crippen LogP contribution >= 0.6 is 0 Å². The first kappa shape index (κ1) is 12.3. The summed E-state index contributed by atoms with van der Waals surface area (Å²) in [5, 5.41) is 3.58. The molecule has 1 aliphatic rings. The average molecular weight is 234 g/mol. The number of nitrogens with zero attached hydrogens (tertiary/aromatic N) is 3. The molecule has 1 N–H and O–H groups in total. The normalized spacial score (nSPS) is 20.5. The van der Waals surface area contributed by atoms with Crippen molar-refractivity contribution < 1.29 is 0 Å². The number of aromatic nitrogens is 2. The summed E-state index contributed by atoms with van der Waals surface area (Å²) in [7, 11) is 0. The standard InChI is InChI=1S/C13H22N4/c1-11(2)17(13-15-8-5-9-16-13)10-12-6-3-4-7-14-12/h5,8-9,11-12,14H,3-4,6-7,10H2,1-2H3. The van der Waals surface area contributed by atoms with Gasteiger partial charge in [-0.3, -0.25) is 0 Å². The lowest BCUT2D eigenvalue weighted by molar-refractivity contribution is 0.391. The van der Waals surface area contributed by atoms with Crippen LogP contribution in [0, 0.1) is 0 Å². The summed E-state index contributed by atoms with van der Waals surface area (Å²) in [5.74, 6) is 0.842. The monoisotopic (exact) mass is 234 g/mol. The summed E-state index contributed by atoms with van der Waals surface area (Å²) >= 11 is 0. The van der Waals surface area contributed by atoms with Crippen LogP contribution in [-0.2, 0) is 0 Å². The van der Waals surface area contributed by atoms with Gasteiger partial charge in [0.1, 0.15) is 0 Å². The molecule has 1 fully saturated rings. The predicted octanol–water partition coefficient (Wildman–Crippen LogP) is 1.83. The summed E-state index contributed by atoms with van der Waals surface area (Å²) in [6.45, 7) is 6.53. The number of hydrogen-bond acceptors (Lipinski definition) is 4. The zero-order chi connectivity index (χ0) is 12.1. The van der Waals surface area contributed by atoms with Crippen molar-refractivity contribution in [1.29, 1.82) is 0 Å². The Labute approximate surface area is 103 Å². The summed E-state index contributed by atoms with van der Waals surface area (Å²) in [6, 6.07) is 2.87. The minimum Gasteiger partial charge on any atom is -0.337 e. The van der Waals surface area contributed by atoms with Gasteiger partial charge < -0.3 is 10.2 Å². The van der Waals surface area contributed by atoms with Crippen molar-refractivity contribution >= 4 is 5.95 Å². The Kier molecular flexibility index (Phi) is 4.31. The molecule has 2 rings (SSSR count). The maximum atomic E-state index is 4.35. The second kappa shape index (κ2) is 5.96. The first-order valence-electron chi connectivity index (χ1n) is 6.54.